The smallest absolute Gasteiger partial charge is 0.223 e. The van der Waals surface area contributed by atoms with Gasteiger partial charge in [-0.1, -0.05) is 37.3 Å². The Morgan fingerprint density at radius 3 is 2.33 bits per heavy atom. The molecule has 3 rings (SSSR count). The van der Waals surface area contributed by atoms with Gasteiger partial charge in [0.05, 0.1) is 23.3 Å². The van der Waals surface area contributed by atoms with E-state index in [0.29, 0.717) is 23.6 Å². The molecule has 1 aliphatic rings. The highest BCUT2D eigenvalue weighted by Crippen LogP contribution is 2.39. The summed E-state index contributed by atoms with van der Waals surface area (Å²) in [6.07, 6.45) is 1.35. The summed E-state index contributed by atoms with van der Waals surface area (Å²) in [5, 5.41) is -0.669. The van der Waals surface area contributed by atoms with Gasteiger partial charge in [-0.05, 0) is 42.7 Å². The van der Waals surface area contributed by atoms with E-state index in [0.717, 1.165) is 12.0 Å². The Morgan fingerprint density at radius 1 is 1.07 bits per heavy atom. The second-order valence-corrected chi connectivity index (χ2v) is 8.91. The van der Waals surface area contributed by atoms with Crippen LogP contribution < -0.4 is 4.74 Å². The van der Waals surface area contributed by atoms with Gasteiger partial charge in [-0.25, -0.2) is 8.42 Å². The van der Waals surface area contributed by atoms with Crippen molar-refractivity contribution in [3.05, 3.63) is 60.2 Å². The number of rotatable bonds is 6. The number of hydrogen-bond donors (Lipinski definition) is 0. The van der Waals surface area contributed by atoms with E-state index in [4.69, 9.17) is 4.74 Å². The molecule has 0 saturated carbocycles. The lowest BCUT2D eigenvalue weighted by molar-refractivity contribution is -0.136. The molecule has 5 nitrogen and oxygen atoms in total. The Labute approximate surface area is 160 Å². The highest BCUT2D eigenvalue weighted by Gasteiger charge is 2.43. The summed E-state index contributed by atoms with van der Waals surface area (Å²) in [5.41, 5.74) is 0.821. The quantitative estimate of drug-likeness (QED) is 0.760. The summed E-state index contributed by atoms with van der Waals surface area (Å²) < 4.78 is 32.0. The first-order valence-corrected chi connectivity index (χ1v) is 10.8. The van der Waals surface area contributed by atoms with Gasteiger partial charge >= 0.3 is 0 Å². The van der Waals surface area contributed by atoms with Crippen LogP contribution in [0, 0.1) is 0 Å². The predicted octanol–water partition coefficient (Wildman–Crippen LogP) is 3.61. The number of carbonyl (C=O) groups is 1. The van der Waals surface area contributed by atoms with Crippen LogP contribution in [0.4, 0.5) is 0 Å². The molecule has 0 aliphatic carbocycles. The second kappa shape index (κ2) is 8.13. The van der Waals surface area contributed by atoms with Crippen LogP contribution in [0.2, 0.25) is 0 Å². The Morgan fingerprint density at radius 2 is 1.74 bits per heavy atom. The summed E-state index contributed by atoms with van der Waals surface area (Å²) in [7, 11) is -1.99. The average molecular weight is 388 g/mol. The topological polar surface area (TPSA) is 63.7 Å². The Balaban J connectivity index is 2.08. The lowest BCUT2D eigenvalue weighted by Gasteiger charge is -2.41. The second-order valence-electron chi connectivity index (χ2n) is 6.74. The SMILES string of the molecule is CCCN1C(=O)CC[C@@H](S(=O)(=O)c2ccccc2)[C@@H]1c1ccc(OC)cc1. The maximum Gasteiger partial charge on any atom is 0.223 e. The van der Waals surface area contributed by atoms with Crippen molar-refractivity contribution in [2.24, 2.45) is 0 Å². The van der Waals surface area contributed by atoms with Gasteiger partial charge in [0.1, 0.15) is 5.75 Å². The Bertz CT molecular complexity index is 878. The van der Waals surface area contributed by atoms with Crippen molar-refractivity contribution in [3.63, 3.8) is 0 Å². The molecular weight excluding hydrogens is 362 g/mol. The number of likely N-dealkylation sites (tertiary alicyclic amines) is 1. The molecule has 2 atom stereocenters. The standard InChI is InChI=1S/C21H25NO4S/c1-3-15-22-20(23)14-13-19(27(24,25)18-7-5-4-6-8-18)21(22)16-9-11-17(26-2)12-10-16/h4-12,19,21H,3,13-15H2,1-2H3/t19-,21+/m1/s1. The van der Waals surface area contributed by atoms with Crippen LogP contribution in [0.15, 0.2) is 59.5 Å². The third kappa shape index (κ3) is 3.86. The number of piperidine rings is 1. The maximum absolute atomic E-state index is 13.4. The molecule has 0 unspecified atom stereocenters. The monoisotopic (exact) mass is 387 g/mol. The lowest BCUT2D eigenvalue weighted by atomic mass is 9.94. The largest absolute Gasteiger partial charge is 0.497 e. The van der Waals surface area contributed by atoms with E-state index in [1.54, 1.807) is 42.3 Å². The van der Waals surface area contributed by atoms with E-state index in [-0.39, 0.29) is 12.3 Å². The molecule has 1 aliphatic heterocycles. The molecule has 0 spiro atoms. The van der Waals surface area contributed by atoms with Crippen molar-refractivity contribution >= 4 is 15.7 Å². The zero-order valence-corrected chi connectivity index (χ0v) is 16.5. The van der Waals surface area contributed by atoms with Gasteiger partial charge < -0.3 is 9.64 Å². The van der Waals surface area contributed by atoms with Crippen LogP contribution in [0.25, 0.3) is 0 Å². The maximum atomic E-state index is 13.4. The zero-order chi connectivity index (χ0) is 19.4. The first kappa shape index (κ1) is 19.4. The van der Waals surface area contributed by atoms with Crippen LogP contribution in [0.5, 0.6) is 5.75 Å². The van der Waals surface area contributed by atoms with Gasteiger partial charge in [-0.15, -0.1) is 0 Å². The fourth-order valence-electron chi connectivity index (χ4n) is 3.73. The number of nitrogens with zero attached hydrogens (tertiary/aromatic N) is 1. The number of hydrogen-bond acceptors (Lipinski definition) is 4. The molecule has 1 fully saturated rings. The van der Waals surface area contributed by atoms with Crippen LogP contribution in [0.3, 0.4) is 0 Å². The number of amides is 1. The molecular formula is C21H25NO4S. The minimum atomic E-state index is -3.57. The van der Waals surface area contributed by atoms with Gasteiger partial charge in [-0.3, -0.25) is 4.79 Å². The molecule has 27 heavy (non-hydrogen) atoms. The summed E-state index contributed by atoms with van der Waals surface area (Å²) >= 11 is 0. The van der Waals surface area contributed by atoms with Crippen molar-refractivity contribution < 1.29 is 17.9 Å². The van der Waals surface area contributed by atoms with E-state index < -0.39 is 21.1 Å². The molecule has 0 N–H and O–H groups in total. The molecule has 1 heterocycles. The van der Waals surface area contributed by atoms with Crippen molar-refractivity contribution in [2.45, 2.75) is 42.4 Å². The summed E-state index contributed by atoms with van der Waals surface area (Å²) in [4.78, 5) is 14.6. The fraction of sp³-hybridized carbons (Fsp3) is 0.381. The molecule has 144 valence electrons. The van der Waals surface area contributed by atoms with Crippen molar-refractivity contribution in [3.8, 4) is 5.75 Å². The summed E-state index contributed by atoms with van der Waals surface area (Å²) in [6, 6.07) is 15.4. The Hall–Kier alpha value is -2.34. The van der Waals surface area contributed by atoms with Gasteiger partial charge in [0.2, 0.25) is 5.91 Å². The number of benzene rings is 2. The van der Waals surface area contributed by atoms with Crippen molar-refractivity contribution in [1.82, 2.24) is 4.90 Å². The van der Waals surface area contributed by atoms with Gasteiger partial charge in [-0.2, -0.15) is 0 Å². The predicted molar refractivity (Wildman–Crippen MR) is 104 cm³/mol. The van der Waals surface area contributed by atoms with Crippen molar-refractivity contribution in [2.75, 3.05) is 13.7 Å². The molecule has 0 bridgehead atoms. The highest BCUT2D eigenvalue weighted by atomic mass is 32.2. The third-order valence-corrected chi connectivity index (χ3v) is 7.26. The first-order chi connectivity index (χ1) is 13.0. The number of sulfone groups is 1. The first-order valence-electron chi connectivity index (χ1n) is 9.21. The van der Waals surface area contributed by atoms with E-state index in [1.807, 2.05) is 31.2 Å². The summed E-state index contributed by atoms with van der Waals surface area (Å²) in [6.45, 7) is 2.53. The van der Waals surface area contributed by atoms with Crippen LogP contribution in [0.1, 0.15) is 37.8 Å². The normalized spacial score (nSPS) is 20.5. The van der Waals surface area contributed by atoms with E-state index in [9.17, 15) is 13.2 Å². The molecule has 6 heteroatoms. The molecule has 2 aromatic rings. The van der Waals surface area contributed by atoms with Gasteiger partial charge in [0.15, 0.2) is 9.84 Å². The van der Waals surface area contributed by atoms with Gasteiger partial charge in [0, 0.05) is 13.0 Å². The molecule has 1 saturated heterocycles. The van der Waals surface area contributed by atoms with E-state index in [1.165, 1.54) is 0 Å². The fourth-order valence-corrected chi connectivity index (χ4v) is 5.69. The van der Waals surface area contributed by atoms with Crippen molar-refractivity contribution in [1.29, 1.82) is 0 Å². The summed E-state index contributed by atoms with van der Waals surface area (Å²) in [5.74, 6) is 0.711. The number of ether oxygens (including phenoxy) is 1. The number of methoxy groups -OCH3 is 1. The van der Waals surface area contributed by atoms with Gasteiger partial charge in [0.25, 0.3) is 0 Å². The van der Waals surface area contributed by atoms with E-state index >= 15 is 0 Å². The van der Waals surface area contributed by atoms with Crippen LogP contribution in [-0.4, -0.2) is 38.1 Å². The minimum Gasteiger partial charge on any atom is -0.497 e. The van der Waals surface area contributed by atoms with Crippen LogP contribution >= 0.6 is 0 Å². The average Bonchev–Trinajstić information content (AvgIpc) is 2.70. The minimum absolute atomic E-state index is 0.0113. The molecule has 0 aromatic heterocycles. The lowest BCUT2D eigenvalue weighted by Crippen LogP contribution is -2.48. The molecule has 0 radical (unpaired) electrons. The van der Waals surface area contributed by atoms with E-state index in [2.05, 4.69) is 0 Å². The zero-order valence-electron chi connectivity index (χ0n) is 15.7. The highest BCUT2D eigenvalue weighted by molar-refractivity contribution is 7.92. The van der Waals surface area contributed by atoms with Crippen LogP contribution in [-0.2, 0) is 14.6 Å². The third-order valence-electron chi connectivity index (χ3n) is 5.04. The Kier molecular flexibility index (Phi) is 5.85. The molecule has 2 aromatic carbocycles. The molecule has 1 amide bonds. The number of carbonyl (C=O) groups excluding carboxylic acids is 1.